The number of amides is 1. The summed E-state index contributed by atoms with van der Waals surface area (Å²) in [6.07, 6.45) is 6.43. The molecule has 0 spiro atoms. The van der Waals surface area contributed by atoms with Crippen molar-refractivity contribution in [2.75, 3.05) is 12.0 Å². The number of rotatable bonds is 5. The number of nitrogen functional groups attached to an aromatic ring is 1. The Kier molecular flexibility index (Phi) is 5.41. The second-order valence-corrected chi connectivity index (χ2v) is 5.90. The third kappa shape index (κ3) is 4.23. The molecule has 1 saturated carbocycles. The maximum Gasteiger partial charge on any atom is 0.251 e. The van der Waals surface area contributed by atoms with Gasteiger partial charge in [0.15, 0.2) is 0 Å². The molecule has 2 atom stereocenters. The van der Waals surface area contributed by atoms with E-state index < -0.39 is 0 Å². The predicted octanol–water partition coefficient (Wildman–Crippen LogP) is 2.92. The molecule has 0 radical (unpaired) electrons. The maximum absolute atomic E-state index is 12.0. The van der Waals surface area contributed by atoms with Crippen LogP contribution in [0.4, 0.5) is 5.69 Å². The van der Waals surface area contributed by atoms with Gasteiger partial charge in [-0.25, -0.2) is 0 Å². The van der Waals surface area contributed by atoms with Crippen LogP contribution in [0.2, 0.25) is 0 Å². The van der Waals surface area contributed by atoms with Gasteiger partial charge < -0.3 is 10.7 Å². The maximum atomic E-state index is 12.0. The summed E-state index contributed by atoms with van der Waals surface area (Å²) in [4.78, 5) is 12.0. The lowest BCUT2D eigenvalue weighted by Crippen LogP contribution is -2.27. The normalized spacial score (nSPS) is 22.3. The first-order chi connectivity index (χ1) is 9.69. The summed E-state index contributed by atoms with van der Waals surface area (Å²) in [7, 11) is 0. The Hall–Kier alpha value is -1.55. The summed E-state index contributed by atoms with van der Waals surface area (Å²) >= 11 is 0. The Morgan fingerprint density at radius 2 is 2.05 bits per heavy atom. The Bertz CT molecular complexity index is 430. The topological polar surface area (TPSA) is 67.2 Å². The zero-order valence-electron chi connectivity index (χ0n) is 12.2. The first-order valence-corrected chi connectivity index (χ1v) is 7.54. The summed E-state index contributed by atoms with van der Waals surface area (Å²) in [6, 6.07) is 7.18. The molecule has 1 aromatic rings. The van der Waals surface area contributed by atoms with E-state index in [9.17, 15) is 4.79 Å². The minimum absolute atomic E-state index is 0.00238. The molecule has 4 N–H and O–H groups in total. The number of carbonyl (C=O) groups is 1. The zero-order chi connectivity index (χ0) is 14.4. The third-order valence-electron chi connectivity index (χ3n) is 4.20. The Morgan fingerprint density at radius 3 is 2.70 bits per heavy atom. The summed E-state index contributed by atoms with van der Waals surface area (Å²) in [6.45, 7) is 3.10. The molecule has 20 heavy (non-hydrogen) atoms. The first kappa shape index (κ1) is 14.9. The van der Waals surface area contributed by atoms with Gasteiger partial charge in [-0.1, -0.05) is 26.2 Å². The van der Waals surface area contributed by atoms with Crippen molar-refractivity contribution in [1.82, 2.24) is 5.32 Å². The van der Waals surface area contributed by atoms with Gasteiger partial charge in [-0.05, 0) is 48.9 Å². The molecule has 0 saturated heterocycles. The average Bonchev–Trinajstić information content (AvgIpc) is 2.47. The summed E-state index contributed by atoms with van der Waals surface area (Å²) < 4.78 is 0. The predicted molar refractivity (Wildman–Crippen MR) is 82.3 cm³/mol. The van der Waals surface area contributed by atoms with Gasteiger partial charge in [0.2, 0.25) is 0 Å². The Balaban J connectivity index is 1.74. The molecule has 1 aromatic carbocycles. The molecule has 4 heteroatoms. The van der Waals surface area contributed by atoms with Gasteiger partial charge in [0.1, 0.15) is 0 Å². The Morgan fingerprint density at radius 1 is 1.30 bits per heavy atom. The smallest absolute Gasteiger partial charge is 0.251 e. The van der Waals surface area contributed by atoms with Gasteiger partial charge in [0, 0.05) is 17.8 Å². The van der Waals surface area contributed by atoms with E-state index >= 15 is 0 Å². The van der Waals surface area contributed by atoms with Crippen molar-refractivity contribution < 1.29 is 4.79 Å². The van der Waals surface area contributed by atoms with E-state index in [1.54, 1.807) is 24.3 Å². The molecule has 1 amide bonds. The number of anilines is 1. The van der Waals surface area contributed by atoms with Crippen molar-refractivity contribution in [3.05, 3.63) is 29.8 Å². The van der Waals surface area contributed by atoms with Crippen LogP contribution in [0.3, 0.4) is 0 Å². The van der Waals surface area contributed by atoms with Gasteiger partial charge in [-0.15, -0.1) is 0 Å². The number of hydrogen-bond acceptors (Lipinski definition) is 3. The van der Waals surface area contributed by atoms with Crippen molar-refractivity contribution in [2.45, 2.75) is 39.0 Å². The first-order valence-electron chi connectivity index (χ1n) is 7.54. The van der Waals surface area contributed by atoms with Crippen molar-refractivity contribution in [3.63, 3.8) is 0 Å². The van der Waals surface area contributed by atoms with Crippen LogP contribution in [0.25, 0.3) is 0 Å². The van der Waals surface area contributed by atoms with E-state index in [1.165, 1.54) is 25.7 Å². The Labute approximate surface area is 121 Å². The number of hydrazine groups is 1. The van der Waals surface area contributed by atoms with Crippen LogP contribution in [0, 0.1) is 11.8 Å². The lowest BCUT2D eigenvalue weighted by atomic mass is 9.81. The van der Waals surface area contributed by atoms with Crippen LogP contribution in [-0.2, 0) is 0 Å². The molecular formula is C16H25N3O. The van der Waals surface area contributed by atoms with Crippen LogP contribution < -0.4 is 16.6 Å². The largest absolute Gasteiger partial charge is 0.352 e. The SMILES string of the molecule is CC1CCCC(CCNC(=O)c2ccc(NN)cc2)C1. The number of benzene rings is 1. The van der Waals surface area contributed by atoms with Crippen LogP contribution in [-0.4, -0.2) is 12.5 Å². The van der Waals surface area contributed by atoms with E-state index in [0.29, 0.717) is 5.56 Å². The highest BCUT2D eigenvalue weighted by Gasteiger charge is 2.18. The van der Waals surface area contributed by atoms with Gasteiger partial charge in [-0.2, -0.15) is 0 Å². The minimum Gasteiger partial charge on any atom is -0.352 e. The fraction of sp³-hybridized carbons (Fsp3) is 0.562. The monoisotopic (exact) mass is 275 g/mol. The van der Waals surface area contributed by atoms with Crippen molar-refractivity contribution >= 4 is 11.6 Å². The molecule has 1 aliphatic rings. The molecule has 110 valence electrons. The third-order valence-corrected chi connectivity index (χ3v) is 4.20. The molecule has 0 aromatic heterocycles. The molecule has 0 aliphatic heterocycles. The number of nitrogens with two attached hydrogens (primary N) is 1. The summed E-state index contributed by atoms with van der Waals surface area (Å²) in [5.74, 6) is 6.93. The van der Waals surface area contributed by atoms with Gasteiger partial charge in [0.05, 0.1) is 0 Å². The van der Waals surface area contributed by atoms with E-state index in [1.807, 2.05) is 0 Å². The van der Waals surface area contributed by atoms with Crippen molar-refractivity contribution in [2.24, 2.45) is 17.7 Å². The summed E-state index contributed by atoms with van der Waals surface area (Å²) in [5, 5.41) is 3.01. The molecule has 1 aliphatic carbocycles. The van der Waals surface area contributed by atoms with Crippen LogP contribution in [0.1, 0.15) is 49.4 Å². The van der Waals surface area contributed by atoms with E-state index in [4.69, 9.17) is 5.84 Å². The lowest BCUT2D eigenvalue weighted by Gasteiger charge is -2.26. The lowest BCUT2D eigenvalue weighted by molar-refractivity contribution is 0.0949. The fourth-order valence-corrected chi connectivity index (χ4v) is 3.03. The fourth-order valence-electron chi connectivity index (χ4n) is 3.03. The van der Waals surface area contributed by atoms with E-state index in [0.717, 1.165) is 30.5 Å². The van der Waals surface area contributed by atoms with Crippen molar-refractivity contribution in [1.29, 1.82) is 0 Å². The molecule has 2 rings (SSSR count). The molecule has 0 heterocycles. The van der Waals surface area contributed by atoms with Crippen LogP contribution in [0.15, 0.2) is 24.3 Å². The number of carbonyl (C=O) groups excluding carboxylic acids is 1. The highest BCUT2D eigenvalue weighted by atomic mass is 16.1. The van der Waals surface area contributed by atoms with E-state index in [2.05, 4.69) is 17.7 Å². The van der Waals surface area contributed by atoms with Crippen LogP contribution >= 0.6 is 0 Å². The summed E-state index contributed by atoms with van der Waals surface area (Å²) in [5.41, 5.74) is 4.04. The quantitative estimate of drug-likeness (QED) is 0.572. The zero-order valence-corrected chi connectivity index (χ0v) is 12.2. The van der Waals surface area contributed by atoms with Crippen LogP contribution in [0.5, 0.6) is 0 Å². The second-order valence-electron chi connectivity index (χ2n) is 5.90. The van der Waals surface area contributed by atoms with E-state index in [-0.39, 0.29) is 5.91 Å². The van der Waals surface area contributed by atoms with Gasteiger partial charge in [0.25, 0.3) is 5.91 Å². The molecule has 1 fully saturated rings. The minimum atomic E-state index is -0.00238. The standard InChI is InChI=1S/C16H25N3O/c1-12-3-2-4-13(11-12)9-10-18-16(20)14-5-7-15(19-17)8-6-14/h5-8,12-13,19H,2-4,9-11,17H2,1H3,(H,18,20). The highest BCUT2D eigenvalue weighted by Crippen LogP contribution is 2.30. The highest BCUT2D eigenvalue weighted by molar-refractivity contribution is 5.94. The van der Waals surface area contributed by atoms with Crippen molar-refractivity contribution in [3.8, 4) is 0 Å². The number of hydrogen-bond donors (Lipinski definition) is 3. The molecule has 2 unspecified atom stereocenters. The van der Waals surface area contributed by atoms with Gasteiger partial charge >= 0.3 is 0 Å². The average molecular weight is 275 g/mol. The molecule has 0 bridgehead atoms. The molecular weight excluding hydrogens is 250 g/mol. The van der Waals surface area contributed by atoms with Gasteiger partial charge in [-0.3, -0.25) is 10.6 Å². The number of nitrogens with one attached hydrogen (secondary N) is 2. The molecule has 4 nitrogen and oxygen atoms in total. The second kappa shape index (κ2) is 7.29.